The zero-order valence-electron chi connectivity index (χ0n) is 40.6. The molecule has 2 rings (SSSR count). The largest absolute Gasteiger partial charge is 0.494 e. The summed E-state index contributed by atoms with van der Waals surface area (Å²) in [4.78, 5) is 38.9. The fourth-order valence-corrected chi connectivity index (χ4v) is 11.8. The Morgan fingerprint density at radius 3 is 1.46 bits per heavy atom. The molecule has 0 spiro atoms. The molecule has 0 N–H and O–H groups in total. The van der Waals surface area contributed by atoms with Crippen molar-refractivity contribution in [3.8, 4) is 5.75 Å². The quantitative estimate of drug-likeness (QED) is 0.0391. The second kappa shape index (κ2) is 24.3. The Hall–Kier alpha value is -4.49. The summed E-state index contributed by atoms with van der Waals surface area (Å²) in [6, 6.07) is 3.38. The first-order valence-corrected chi connectivity index (χ1v) is 24.5. The van der Waals surface area contributed by atoms with Crippen LogP contribution in [0, 0.1) is 0 Å². The number of ether oxygens (including phenoxy) is 5. The number of halogens is 22. The third-order valence-corrected chi connectivity index (χ3v) is 17.4. The standard InChI is InChI=1S/C44H50F22O9Si/c1-23(2)76(24(3)4,20-18-36(47,48)37(49,50)39(53,54)40(55,56)42(59,60)44(64,65)66)75-31-14-16-32(67)72-25(5)21-34(69)74-26(6)30(13-15-33(68)73-27(31)7)71-22-28-9-11-29(12-10-28)70-19-8-17-35(45,46)38(51,52)41(57,58)43(61,62)63/h9-16,23-27,30-31H,8,17-22H2,1-7H3/b15-13+,16-14+/t25-,26-,27+,30-,31-/m0/s1. The van der Waals surface area contributed by atoms with Crippen molar-refractivity contribution in [1.82, 2.24) is 0 Å². The van der Waals surface area contributed by atoms with Crippen molar-refractivity contribution in [1.29, 1.82) is 0 Å². The lowest BCUT2D eigenvalue weighted by Gasteiger charge is -2.44. The molecule has 0 saturated heterocycles. The highest BCUT2D eigenvalue weighted by atomic mass is 28.4. The third kappa shape index (κ3) is 14.8. The summed E-state index contributed by atoms with van der Waals surface area (Å²) < 4.78 is 333. The van der Waals surface area contributed by atoms with Crippen LogP contribution in [0.2, 0.25) is 17.1 Å². The van der Waals surface area contributed by atoms with Crippen molar-refractivity contribution >= 4 is 26.2 Å². The smallest absolute Gasteiger partial charge is 0.460 e. The second-order valence-corrected chi connectivity index (χ2v) is 23.0. The summed E-state index contributed by atoms with van der Waals surface area (Å²) in [7, 11) is -4.41. The summed E-state index contributed by atoms with van der Waals surface area (Å²) in [5.41, 5.74) is -1.93. The molecular weight excluding hydrogens is 1120 g/mol. The first kappa shape index (κ1) is 67.6. The molecule has 1 aliphatic heterocycles. The van der Waals surface area contributed by atoms with E-state index in [0.717, 1.165) is 31.2 Å². The molecule has 0 saturated carbocycles. The molecule has 438 valence electrons. The second-order valence-electron chi connectivity index (χ2n) is 18.1. The van der Waals surface area contributed by atoms with Gasteiger partial charge in [-0.1, -0.05) is 39.8 Å². The Bertz CT molecular complexity index is 2150. The molecule has 32 heteroatoms. The summed E-state index contributed by atoms with van der Waals surface area (Å²) in [6.45, 7) is 7.20. The first-order chi connectivity index (χ1) is 34.1. The number of hydrogen-bond acceptors (Lipinski definition) is 9. The van der Waals surface area contributed by atoms with E-state index in [4.69, 9.17) is 28.1 Å². The average molecular weight is 1170 g/mol. The van der Waals surface area contributed by atoms with E-state index in [2.05, 4.69) is 0 Å². The first-order valence-electron chi connectivity index (χ1n) is 22.2. The van der Waals surface area contributed by atoms with Gasteiger partial charge in [-0.05, 0) is 74.2 Å². The van der Waals surface area contributed by atoms with Crippen molar-refractivity contribution in [2.75, 3.05) is 6.61 Å². The number of esters is 3. The highest BCUT2D eigenvalue weighted by Gasteiger charge is 2.90. The maximum absolute atomic E-state index is 15.2. The number of hydrogen-bond donors (Lipinski definition) is 0. The van der Waals surface area contributed by atoms with Crippen LogP contribution in [0.25, 0.3) is 0 Å². The van der Waals surface area contributed by atoms with Gasteiger partial charge in [0.15, 0.2) is 8.32 Å². The van der Waals surface area contributed by atoms with Crippen molar-refractivity contribution in [3.63, 3.8) is 0 Å². The number of carbonyl (C=O) groups is 3. The van der Waals surface area contributed by atoms with E-state index in [1.807, 2.05) is 0 Å². The highest BCUT2D eigenvalue weighted by molar-refractivity contribution is 6.76. The van der Waals surface area contributed by atoms with Crippen LogP contribution in [0.1, 0.15) is 79.7 Å². The molecule has 1 aromatic carbocycles. The molecule has 76 heavy (non-hydrogen) atoms. The van der Waals surface area contributed by atoms with Crippen LogP contribution in [0.15, 0.2) is 48.6 Å². The molecule has 0 fully saturated rings. The van der Waals surface area contributed by atoms with Gasteiger partial charge in [-0.3, -0.25) is 4.79 Å². The topological polar surface area (TPSA) is 107 Å². The molecule has 0 aromatic heterocycles. The highest BCUT2D eigenvalue weighted by Crippen LogP contribution is 2.61. The number of rotatable bonds is 21. The number of cyclic esters (lactones) is 3. The maximum atomic E-state index is 15.2. The van der Waals surface area contributed by atoms with E-state index in [9.17, 15) is 102 Å². The van der Waals surface area contributed by atoms with Crippen LogP contribution in [-0.2, 0) is 44.4 Å². The van der Waals surface area contributed by atoms with Crippen LogP contribution in [0.3, 0.4) is 0 Å². The van der Waals surface area contributed by atoms with Gasteiger partial charge in [0.1, 0.15) is 36.3 Å². The minimum Gasteiger partial charge on any atom is -0.494 e. The summed E-state index contributed by atoms with van der Waals surface area (Å²) in [5.74, 6) is -61.6. The van der Waals surface area contributed by atoms with Gasteiger partial charge in [0, 0.05) is 25.0 Å². The van der Waals surface area contributed by atoms with Crippen LogP contribution >= 0.6 is 0 Å². The van der Waals surface area contributed by atoms with Gasteiger partial charge < -0.3 is 28.1 Å². The molecular formula is C44H50F22O9Si. The molecule has 0 aliphatic carbocycles. The van der Waals surface area contributed by atoms with Crippen molar-refractivity contribution in [2.24, 2.45) is 0 Å². The van der Waals surface area contributed by atoms with Gasteiger partial charge in [0.2, 0.25) is 0 Å². The fourth-order valence-electron chi connectivity index (χ4n) is 7.18. The molecule has 1 aromatic rings. The third-order valence-electron chi connectivity index (χ3n) is 11.8. The maximum Gasteiger partial charge on any atom is 0.460 e. The molecule has 9 nitrogen and oxygen atoms in total. The Kier molecular flexibility index (Phi) is 21.6. The molecule has 0 unspecified atom stereocenters. The lowest BCUT2D eigenvalue weighted by Crippen LogP contribution is -2.70. The van der Waals surface area contributed by atoms with Gasteiger partial charge in [0.25, 0.3) is 0 Å². The van der Waals surface area contributed by atoms with Crippen LogP contribution in [0.4, 0.5) is 96.6 Å². The van der Waals surface area contributed by atoms with Crippen LogP contribution in [-0.4, -0.2) is 123 Å². The van der Waals surface area contributed by atoms with Crippen molar-refractivity contribution < 1.29 is 139 Å². The van der Waals surface area contributed by atoms with E-state index >= 15 is 8.78 Å². The van der Waals surface area contributed by atoms with Crippen molar-refractivity contribution in [2.45, 2.75) is 188 Å². The van der Waals surface area contributed by atoms with E-state index in [0.29, 0.717) is 12.2 Å². The molecule has 0 bridgehead atoms. The van der Waals surface area contributed by atoms with Gasteiger partial charge in [0.05, 0.1) is 19.6 Å². The van der Waals surface area contributed by atoms with Gasteiger partial charge >= 0.3 is 77.6 Å². The predicted molar refractivity (Wildman–Crippen MR) is 221 cm³/mol. The Labute approximate surface area is 419 Å². The van der Waals surface area contributed by atoms with Gasteiger partial charge in [-0.25, -0.2) is 9.59 Å². The molecule has 0 amide bonds. The monoisotopic (exact) mass is 1170 g/mol. The SMILES string of the molecule is CC(C)[Si](CCC(F)(F)C(F)(F)C(F)(F)C(F)(F)C(F)(F)C(F)(F)F)(O[C@H]1/C=C/C(=O)O[C@@H](C)CC(=O)O[C@@H](C)[C@@H](OCc2ccc(OCCCC(F)(F)C(F)(F)C(F)(F)C(F)(F)F)cc2)/C=C/C(=O)O[C@@H]1C)C(C)C. The number of alkyl halides is 22. The van der Waals surface area contributed by atoms with E-state index in [-0.39, 0.29) is 11.3 Å². The molecule has 0 radical (unpaired) electrons. The van der Waals surface area contributed by atoms with Crippen molar-refractivity contribution in [3.05, 3.63) is 54.1 Å². The molecule has 5 atom stereocenters. The number of carbonyl (C=O) groups excluding carboxylic acids is 3. The van der Waals surface area contributed by atoms with E-state index < -0.39 is 173 Å². The van der Waals surface area contributed by atoms with Crippen LogP contribution < -0.4 is 4.74 Å². The summed E-state index contributed by atoms with van der Waals surface area (Å²) >= 11 is 0. The predicted octanol–water partition coefficient (Wildman–Crippen LogP) is 13.8. The number of benzene rings is 1. The van der Waals surface area contributed by atoms with Gasteiger partial charge in [-0.2, -0.15) is 96.6 Å². The summed E-state index contributed by atoms with van der Waals surface area (Å²) in [5, 5.41) is 0. The Morgan fingerprint density at radius 1 is 0.553 bits per heavy atom. The lowest BCUT2D eigenvalue weighted by molar-refractivity contribution is -0.440. The summed E-state index contributed by atoms with van der Waals surface area (Å²) in [6.07, 6.45) is -25.4. The van der Waals surface area contributed by atoms with Gasteiger partial charge in [-0.15, -0.1) is 0 Å². The Morgan fingerprint density at radius 2 is 0.974 bits per heavy atom. The van der Waals surface area contributed by atoms with E-state index in [1.165, 1.54) is 53.7 Å². The van der Waals surface area contributed by atoms with Crippen LogP contribution in [0.5, 0.6) is 5.75 Å². The zero-order chi connectivity index (χ0) is 59.3. The Balaban J connectivity index is 2.41. The molecule has 1 aliphatic rings. The normalized spacial score (nSPS) is 22.3. The average Bonchev–Trinajstić information content (AvgIpc) is 3.26. The minimum absolute atomic E-state index is 0.152. The molecule has 1 heterocycles. The minimum atomic E-state index is -8.13. The lowest BCUT2D eigenvalue weighted by atomic mass is 9.93. The zero-order valence-corrected chi connectivity index (χ0v) is 41.6. The fraction of sp³-hybridized carbons (Fsp3) is 0.705. The van der Waals surface area contributed by atoms with E-state index in [1.54, 1.807) is 0 Å².